The van der Waals surface area contributed by atoms with Crippen molar-refractivity contribution in [2.24, 2.45) is 0 Å². The lowest BCUT2D eigenvalue weighted by Crippen LogP contribution is -2.49. The van der Waals surface area contributed by atoms with Crippen molar-refractivity contribution in [3.8, 4) is 0 Å². The number of nitrogens with zero attached hydrogens (tertiary/aromatic N) is 5. The molecule has 0 bridgehead atoms. The zero-order valence-electron chi connectivity index (χ0n) is 23.1. The Bertz CT molecular complexity index is 1260. The van der Waals surface area contributed by atoms with Crippen LogP contribution in [-0.4, -0.2) is 80.4 Å². The highest BCUT2D eigenvalue weighted by atomic mass is 16.6. The van der Waals surface area contributed by atoms with Crippen LogP contribution in [0.15, 0.2) is 18.5 Å². The molecule has 0 spiro atoms. The van der Waals surface area contributed by atoms with Crippen molar-refractivity contribution in [2.45, 2.75) is 77.5 Å². The molecule has 0 aromatic carbocycles. The zero-order valence-corrected chi connectivity index (χ0v) is 23.1. The second kappa shape index (κ2) is 10.2. The molecule has 0 aliphatic carbocycles. The molecule has 206 valence electrons. The molecule has 4 rings (SSSR count). The molecular weight excluding hydrogens is 490 g/mol. The van der Waals surface area contributed by atoms with Gasteiger partial charge in [-0.3, -0.25) is 10.2 Å². The van der Waals surface area contributed by atoms with Gasteiger partial charge >= 0.3 is 12.2 Å². The zero-order chi connectivity index (χ0) is 27.8. The minimum Gasteiger partial charge on any atom is -0.444 e. The number of carbonyl (C=O) groups excluding carboxylic acids is 3. The maximum atomic E-state index is 13.0. The number of amides is 2. The van der Waals surface area contributed by atoms with E-state index < -0.39 is 29.4 Å². The third kappa shape index (κ3) is 6.24. The van der Waals surface area contributed by atoms with Gasteiger partial charge in [-0.15, -0.1) is 0 Å². The van der Waals surface area contributed by atoms with Gasteiger partial charge in [0, 0.05) is 43.9 Å². The van der Waals surface area contributed by atoms with Crippen molar-refractivity contribution in [2.75, 3.05) is 25.5 Å². The molecule has 1 saturated heterocycles. The molecule has 0 unspecified atom stereocenters. The summed E-state index contributed by atoms with van der Waals surface area (Å²) in [6, 6.07) is 1.18. The van der Waals surface area contributed by atoms with Gasteiger partial charge in [0.25, 0.3) is 0 Å². The van der Waals surface area contributed by atoms with Crippen molar-refractivity contribution in [3.05, 3.63) is 29.7 Å². The molecule has 0 saturated carbocycles. The summed E-state index contributed by atoms with van der Waals surface area (Å²) in [6.07, 6.45) is 4.42. The fraction of sp³-hybridized carbons (Fsp3) is 0.577. The Kier molecular flexibility index (Phi) is 7.37. The van der Waals surface area contributed by atoms with Gasteiger partial charge in [-0.25, -0.2) is 20.0 Å². The summed E-state index contributed by atoms with van der Waals surface area (Å²) < 4.78 is 12.6. The highest BCUT2D eigenvalue weighted by Crippen LogP contribution is 2.33. The van der Waals surface area contributed by atoms with Gasteiger partial charge in [0.1, 0.15) is 23.3 Å². The standard InChI is InChI=1S/C26H37N7O5/c1-25(2,3)37-23(35)30-21-10-20(29-22-19(12-28-33(21)22)17-11-27-31(7)13-17)16-8-9-18(15-34)32(14-16)24(36)38-26(4,5)6/h10,12-13,15-16,18,27H,8-9,11,14H2,1-7H3,(H,30,35)/t16-,18-/m0/s1. The second-order valence-electron chi connectivity index (χ2n) is 11.7. The average molecular weight is 528 g/mol. The van der Waals surface area contributed by atoms with E-state index in [1.54, 1.807) is 58.3 Å². The fourth-order valence-corrected chi connectivity index (χ4v) is 4.52. The van der Waals surface area contributed by atoms with Crippen molar-refractivity contribution in [1.82, 2.24) is 29.9 Å². The Morgan fingerprint density at radius 3 is 2.45 bits per heavy atom. The van der Waals surface area contributed by atoms with Crippen LogP contribution in [-0.2, 0) is 14.3 Å². The number of aromatic nitrogens is 3. The first-order chi connectivity index (χ1) is 17.7. The maximum absolute atomic E-state index is 13.0. The molecule has 4 heterocycles. The number of anilines is 1. The molecule has 38 heavy (non-hydrogen) atoms. The summed E-state index contributed by atoms with van der Waals surface area (Å²) >= 11 is 0. The minimum atomic E-state index is -0.693. The fourth-order valence-electron chi connectivity index (χ4n) is 4.52. The molecule has 2 N–H and O–H groups in total. The van der Waals surface area contributed by atoms with Gasteiger partial charge in [-0.05, 0) is 60.0 Å². The SMILES string of the molecule is CN1C=C(c2cnn3c(NC(=O)OC(C)(C)C)cc([C@H]4CC[C@@H](C=O)N(C(=O)OC(C)(C)C)C4)nc23)CN1. The van der Waals surface area contributed by atoms with Crippen LogP contribution in [0, 0.1) is 0 Å². The summed E-state index contributed by atoms with van der Waals surface area (Å²) in [5.74, 6) is 0.204. The van der Waals surface area contributed by atoms with Crippen molar-refractivity contribution in [3.63, 3.8) is 0 Å². The van der Waals surface area contributed by atoms with Crippen LogP contribution in [0.3, 0.4) is 0 Å². The molecule has 2 aliphatic rings. The van der Waals surface area contributed by atoms with E-state index in [1.807, 2.05) is 18.3 Å². The van der Waals surface area contributed by atoms with Crippen LogP contribution < -0.4 is 10.7 Å². The number of ether oxygens (including phenoxy) is 2. The van der Waals surface area contributed by atoms with Gasteiger partial charge in [-0.1, -0.05) is 0 Å². The van der Waals surface area contributed by atoms with Crippen LogP contribution in [0.1, 0.15) is 71.6 Å². The van der Waals surface area contributed by atoms with Crippen LogP contribution in [0.2, 0.25) is 0 Å². The number of rotatable bonds is 4. The first-order valence-electron chi connectivity index (χ1n) is 12.7. The lowest BCUT2D eigenvalue weighted by molar-refractivity contribution is -0.113. The van der Waals surface area contributed by atoms with E-state index in [-0.39, 0.29) is 12.5 Å². The minimum absolute atomic E-state index is 0.191. The second-order valence-corrected chi connectivity index (χ2v) is 11.7. The maximum Gasteiger partial charge on any atom is 0.413 e. The Morgan fingerprint density at radius 1 is 1.13 bits per heavy atom. The van der Waals surface area contributed by atoms with E-state index in [4.69, 9.17) is 14.5 Å². The van der Waals surface area contributed by atoms with E-state index in [9.17, 15) is 14.4 Å². The first-order valence-corrected chi connectivity index (χ1v) is 12.7. The Hall–Kier alpha value is -3.67. The smallest absolute Gasteiger partial charge is 0.413 e. The molecule has 0 radical (unpaired) electrons. The molecular formula is C26H37N7O5. The van der Waals surface area contributed by atoms with Crippen molar-refractivity contribution < 1.29 is 23.9 Å². The summed E-state index contributed by atoms with van der Waals surface area (Å²) in [5.41, 5.74) is 4.90. The highest BCUT2D eigenvalue weighted by Gasteiger charge is 2.36. The van der Waals surface area contributed by atoms with Crippen molar-refractivity contribution >= 4 is 35.5 Å². The number of aldehydes is 1. The number of carbonyl (C=O) groups is 3. The largest absolute Gasteiger partial charge is 0.444 e. The average Bonchev–Trinajstić information content (AvgIpc) is 3.42. The number of hydrazine groups is 1. The first kappa shape index (κ1) is 27.4. The molecule has 2 atom stereocenters. The Balaban J connectivity index is 1.73. The predicted octanol–water partition coefficient (Wildman–Crippen LogP) is 3.55. The lowest BCUT2D eigenvalue weighted by atomic mass is 9.90. The van der Waals surface area contributed by atoms with Gasteiger partial charge < -0.3 is 19.3 Å². The number of hydrogen-bond donors (Lipinski definition) is 2. The predicted molar refractivity (Wildman–Crippen MR) is 141 cm³/mol. The summed E-state index contributed by atoms with van der Waals surface area (Å²) in [6.45, 7) is 11.6. The van der Waals surface area contributed by atoms with Crippen LogP contribution in [0.4, 0.5) is 15.4 Å². The van der Waals surface area contributed by atoms with Crippen molar-refractivity contribution in [1.29, 1.82) is 0 Å². The van der Waals surface area contributed by atoms with E-state index in [1.165, 1.54) is 4.90 Å². The van der Waals surface area contributed by atoms with E-state index in [0.29, 0.717) is 36.5 Å². The third-order valence-electron chi connectivity index (χ3n) is 6.17. The number of fused-ring (bicyclic) bond motifs is 1. The lowest BCUT2D eigenvalue weighted by Gasteiger charge is -2.37. The number of likely N-dealkylation sites (tertiary alicyclic amines) is 1. The molecule has 2 amide bonds. The number of nitrogens with one attached hydrogen (secondary N) is 2. The number of piperidine rings is 1. The van der Waals surface area contributed by atoms with Crippen LogP contribution >= 0.6 is 0 Å². The van der Waals surface area contributed by atoms with Gasteiger partial charge in [0.15, 0.2) is 5.65 Å². The quantitative estimate of drug-likeness (QED) is 0.573. The molecule has 2 aromatic heterocycles. The monoisotopic (exact) mass is 527 g/mol. The van der Waals surface area contributed by atoms with E-state index in [2.05, 4.69) is 15.8 Å². The van der Waals surface area contributed by atoms with Crippen LogP contribution in [0.25, 0.3) is 11.2 Å². The van der Waals surface area contributed by atoms with Crippen LogP contribution in [0.5, 0.6) is 0 Å². The summed E-state index contributed by atoms with van der Waals surface area (Å²) in [7, 11) is 1.91. The number of hydrogen-bond acceptors (Lipinski definition) is 9. The normalized spacial score (nSPS) is 20.3. The molecule has 2 aromatic rings. The highest BCUT2D eigenvalue weighted by molar-refractivity contribution is 5.85. The van der Waals surface area contributed by atoms with Gasteiger partial charge in [-0.2, -0.15) is 9.61 Å². The molecule has 1 fully saturated rings. The topological polar surface area (TPSA) is 130 Å². The summed E-state index contributed by atoms with van der Waals surface area (Å²) in [5, 5.41) is 9.17. The van der Waals surface area contributed by atoms with E-state index >= 15 is 0 Å². The van der Waals surface area contributed by atoms with Gasteiger partial charge in [0.05, 0.1) is 17.9 Å². The summed E-state index contributed by atoms with van der Waals surface area (Å²) in [4.78, 5) is 43.8. The van der Waals surface area contributed by atoms with Gasteiger partial charge in [0.2, 0.25) is 0 Å². The molecule has 12 heteroatoms. The Morgan fingerprint density at radius 2 is 1.84 bits per heavy atom. The molecule has 2 aliphatic heterocycles. The third-order valence-corrected chi connectivity index (χ3v) is 6.17. The van der Waals surface area contributed by atoms with E-state index in [0.717, 1.165) is 17.4 Å². The Labute approximate surface area is 222 Å². The molecule has 12 nitrogen and oxygen atoms in total.